The fourth-order valence-electron chi connectivity index (χ4n) is 3.97. The summed E-state index contributed by atoms with van der Waals surface area (Å²) in [5, 5.41) is 13.9. The van der Waals surface area contributed by atoms with E-state index in [-0.39, 0.29) is 19.3 Å². The van der Waals surface area contributed by atoms with Crippen LogP contribution in [0.3, 0.4) is 0 Å². The van der Waals surface area contributed by atoms with Crippen LogP contribution in [0.5, 0.6) is 17.2 Å². The summed E-state index contributed by atoms with van der Waals surface area (Å²) >= 11 is 0. The summed E-state index contributed by atoms with van der Waals surface area (Å²) in [7, 11) is 0. The minimum atomic E-state index is -0.877. The first kappa shape index (κ1) is 21.5. The van der Waals surface area contributed by atoms with Crippen LogP contribution in [-0.2, 0) is 11.3 Å². The molecule has 2 aliphatic heterocycles. The lowest BCUT2D eigenvalue weighted by atomic mass is 9.96. The summed E-state index contributed by atoms with van der Waals surface area (Å²) in [6.45, 7) is 4.63. The monoisotopic (exact) mass is 426 g/mol. The first-order valence-electron chi connectivity index (χ1n) is 10.8. The lowest BCUT2D eigenvalue weighted by Gasteiger charge is -2.27. The number of aliphatic hydroxyl groups is 1. The molecular formula is C24H30N2O5. The molecule has 0 aliphatic carbocycles. The number of benzene rings is 2. The Hall–Kier alpha value is -2.77. The number of hydrogen-bond acceptors (Lipinski definition) is 6. The van der Waals surface area contributed by atoms with E-state index in [0.717, 1.165) is 24.3 Å². The van der Waals surface area contributed by atoms with Gasteiger partial charge in [-0.05, 0) is 50.9 Å². The van der Waals surface area contributed by atoms with Gasteiger partial charge in [-0.1, -0.05) is 29.8 Å². The third-order valence-electron chi connectivity index (χ3n) is 5.86. The van der Waals surface area contributed by atoms with Crippen LogP contribution in [0.4, 0.5) is 0 Å². The maximum absolute atomic E-state index is 12.5. The van der Waals surface area contributed by atoms with Gasteiger partial charge in [-0.25, -0.2) is 0 Å². The largest absolute Gasteiger partial charge is 0.491 e. The highest BCUT2D eigenvalue weighted by Crippen LogP contribution is 2.35. The van der Waals surface area contributed by atoms with Crippen molar-refractivity contribution in [1.82, 2.24) is 10.2 Å². The summed E-state index contributed by atoms with van der Waals surface area (Å²) < 4.78 is 16.7. The molecule has 1 amide bonds. The van der Waals surface area contributed by atoms with Crippen molar-refractivity contribution < 1.29 is 24.1 Å². The first-order valence-corrected chi connectivity index (χ1v) is 10.8. The minimum absolute atomic E-state index is 0.0436. The SMILES string of the molecule is Cc1ccc(OC[C@@]2(O)CCCN(CC(=O)NCc3cccc4c3OCO4)CC2)cc1. The molecule has 7 heteroatoms. The molecule has 31 heavy (non-hydrogen) atoms. The number of rotatable bonds is 7. The Bertz CT molecular complexity index is 901. The van der Waals surface area contributed by atoms with Gasteiger partial charge in [0.25, 0.3) is 0 Å². The summed E-state index contributed by atoms with van der Waals surface area (Å²) in [5.41, 5.74) is 1.20. The zero-order chi connectivity index (χ0) is 21.7. The molecule has 166 valence electrons. The van der Waals surface area contributed by atoms with Gasteiger partial charge in [-0.3, -0.25) is 9.69 Å². The number of amides is 1. The third-order valence-corrected chi connectivity index (χ3v) is 5.86. The van der Waals surface area contributed by atoms with Crippen LogP contribution in [-0.4, -0.2) is 54.5 Å². The number of aryl methyl sites for hydroxylation is 1. The van der Waals surface area contributed by atoms with E-state index in [1.54, 1.807) is 0 Å². The molecule has 0 unspecified atom stereocenters. The van der Waals surface area contributed by atoms with Crippen LogP contribution in [0.25, 0.3) is 0 Å². The van der Waals surface area contributed by atoms with Crippen molar-refractivity contribution >= 4 is 5.91 Å². The molecule has 2 aromatic rings. The van der Waals surface area contributed by atoms with E-state index in [9.17, 15) is 9.90 Å². The summed E-state index contributed by atoms with van der Waals surface area (Å²) in [6, 6.07) is 13.5. The quantitative estimate of drug-likeness (QED) is 0.709. The Morgan fingerprint density at radius 3 is 2.84 bits per heavy atom. The van der Waals surface area contributed by atoms with Crippen LogP contribution < -0.4 is 19.5 Å². The summed E-state index contributed by atoms with van der Waals surface area (Å²) in [6.07, 6.45) is 2.05. The van der Waals surface area contributed by atoms with Gasteiger partial charge in [0.05, 0.1) is 12.1 Å². The van der Waals surface area contributed by atoms with Crippen molar-refractivity contribution in [3.05, 3.63) is 53.6 Å². The molecule has 0 saturated carbocycles. The maximum atomic E-state index is 12.5. The van der Waals surface area contributed by atoms with Crippen LogP contribution in [0.1, 0.15) is 30.4 Å². The summed E-state index contributed by atoms with van der Waals surface area (Å²) in [4.78, 5) is 14.6. The fourth-order valence-corrected chi connectivity index (χ4v) is 3.97. The van der Waals surface area contributed by atoms with Crippen molar-refractivity contribution in [3.8, 4) is 17.2 Å². The molecule has 0 bridgehead atoms. The number of carbonyl (C=O) groups is 1. The number of hydrogen-bond donors (Lipinski definition) is 2. The van der Waals surface area contributed by atoms with E-state index in [0.29, 0.717) is 44.0 Å². The molecule has 2 aromatic carbocycles. The first-order chi connectivity index (χ1) is 15.0. The predicted molar refractivity (Wildman–Crippen MR) is 116 cm³/mol. The van der Waals surface area contributed by atoms with Gasteiger partial charge >= 0.3 is 0 Å². The number of likely N-dealkylation sites (tertiary alicyclic amines) is 1. The Kier molecular flexibility index (Phi) is 6.63. The Balaban J connectivity index is 1.23. The molecule has 4 rings (SSSR count). The molecule has 1 atom stereocenters. The highest BCUT2D eigenvalue weighted by Gasteiger charge is 2.31. The van der Waals surface area contributed by atoms with Crippen molar-refractivity contribution in [2.24, 2.45) is 0 Å². The Labute approximate surface area is 182 Å². The van der Waals surface area contributed by atoms with E-state index in [1.807, 2.05) is 49.4 Å². The van der Waals surface area contributed by atoms with Gasteiger partial charge in [0.1, 0.15) is 12.4 Å². The number of fused-ring (bicyclic) bond motifs is 1. The van der Waals surface area contributed by atoms with Crippen molar-refractivity contribution in [2.45, 2.75) is 38.3 Å². The molecule has 7 nitrogen and oxygen atoms in total. The number of nitrogens with one attached hydrogen (secondary N) is 1. The Morgan fingerprint density at radius 1 is 1.16 bits per heavy atom. The zero-order valence-corrected chi connectivity index (χ0v) is 17.9. The summed E-state index contributed by atoms with van der Waals surface area (Å²) in [5.74, 6) is 2.14. The standard InChI is InChI=1S/C24H30N2O5/c1-18-6-8-20(9-7-18)29-16-24(28)10-3-12-26(13-11-24)15-22(27)25-14-19-4-2-5-21-23(19)31-17-30-21/h2,4-9,28H,3,10-17H2,1H3,(H,25,27)/t24-/m1/s1. The average molecular weight is 427 g/mol. The van der Waals surface area contributed by atoms with E-state index < -0.39 is 5.60 Å². The van der Waals surface area contributed by atoms with E-state index >= 15 is 0 Å². The maximum Gasteiger partial charge on any atom is 0.234 e. The van der Waals surface area contributed by atoms with Crippen molar-refractivity contribution in [3.63, 3.8) is 0 Å². The van der Waals surface area contributed by atoms with E-state index in [2.05, 4.69) is 10.2 Å². The van der Waals surface area contributed by atoms with Gasteiger partial charge in [0, 0.05) is 18.7 Å². The third kappa shape index (κ3) is 5.68. The van der Waals surface area contributed by atoms with E-state index in [1.165, 1.54) is 5.56 Å². The number of carbonyl (C=O) groups excluding carboxylic acids is 1. The number of ether oxygens (including phenoxy) is 3. The molecule has 0 spiro atoms. The molecule has 1 saturated heterocycles. The van der Waals surface area contributed by atoms with Crippen molar-refractivity contribution in [2.75, 3.05) is 33.0 Å². The topological polar surface area (TPSA) is 80.3 Å². The second-order valence-corrected chi connectivity index (χ2v) is 8.38. The van der Waals surface area contributed by atoms with Crippen LogP contribution >= 0.6 is 0 Å². The Morgan fingerprint density at radius 2 is 2.00 bits per heavy atom. The molecule has 2 N–H and O–H groups in total. The van der Waals surface area contributed by atoms with Crippen LogP contribution in [0, 0.1) is 6.92 Å². The van der Waals surface area contributed by atoms with Gasteiger partial charge in [0.2, 0.25) is 12.7 Å². The molecule has 0 aromatic heterocycles. The van der Waals surface area contributed by atoms with Crippen molar-refractivity contribution in [1.29, 1.82) is 0 Å². The molecular weight excluding hydrogens is 396 g/mol. The molecule has 1 fully saturated rings. The molecule has 2 heterocycles. The highest BCUT2D eigenvalue weighted by molar-refractivity contribution is 5.78. The smallest absolute Gasteiger partial charge is 0.234 e. The zero-order valence-electron chi connectivity index (χ0n) is 17.9. The normalized spacial score (nSPS) is 20.8. The average Bonchev–Trinajstić information content (AvgIpc) is 3.18. The van der Waals surface area contributed by atoms with Gasteiger partial charge in [0.15, 0.2) is 11.5 Å². The predicted octanol–water partition coefficient (Wildman–Crippen LogP) is 2.64. The minimum Gasteiger partial charge on any atom is -0.491 e. The van der Waals surface area contributed by atoms with E-state index in [4.69, 9.17) is 14.2 Å². The lowest BCUT2D eigenvalue weighted by molar-refractivity contribution is -0.122. The number of para-hydroxylation sites is 1. The van der Waals surface area contributed by atoms with Crippen LogP contribution in [0.15, 0.2) is 42.5 Å². The molecule has 2 aliphatic rings. The van der Waals surface area contributed by atoms with Crippen LogP contribution in [0.2, 0.25) is 0 Å². The lowest BCUT2D eigenvalue weighted by Crippen LogP contribution is -2.40. The van der Waals surface area contributed by atoms with Gasteiger partial charge in [-0.15, -0.1) is 0 Å². The molecule has 0 radical (unpaired) electrons. The number of nitrogens with zero attached hydrogens (tertiary/aromatic N) is 1. The van der Waals surface area contributed by atoms with Gasteiger partial charge in [-0.2, -0.15) is 0 Å². The second-order valence-electron chi connectivity index (χ2n) is 8.38. The highest BCUT2D eigenvalue weighted by atomic mass is 16.7. The van der Waals surface area contributed by atoms with Gasteiger partial charge < -0.3 is 24.6 Å². The fraction of sp³-hybridized carbons (Fsp3) is 0.458. The second kappa shape index (κ2) is 9.58.